The van der Waals surface area contributed by atoms with Crippen molar-refractivity contribution < 1.29 is 4.42 Å². The third kappa shape index (κ3) is 4.10. The van der Waals surface area contributed by atoms with Crippen LogP contribution in [0.4, 0.5) is 0 Å². The minimum atomic E-state index is -0.402. The molecule has 11 aromatic rings. The van der Waals surface area contributed by atoms with Gasteiger partial charge in [-0.05, 0) is 79.9 Å². The molecule has 4 heteroatoms. The van der Waals surface area contributed by atoms with Gasteiger partial charge in [-0.15, -0.1) is 11.3 Å². The third-order valence-electron chi connectivity index (χ3n) is 12.3. The summed E-state index contributed by atoms with van der Waals surface area (Å²) >= 11 is 1.81. The zero-order valence-corrected chi connectivity index (χ0v) is 31.3. The van der Waals surface area contributed by atoms with Gasteiger partial charge in [0.05, 0.1) is 5.41 Å². The Morgan fingerprint density at radius 2 is 1.05 bits per heavy atom. The molecule has 57 heavy (non-hydrogen) atoms. The number of furan rings is 1. The molecule has 8 aromatic carbocycles. The lowest BCUT2D eigenvalue weighted by atomic mass is 9.70. The van der Waals surface area contributed by atoms with Crippen LogP contribution in [0.25, 0.3) is 98.3 Å². The molecule has 0 saturated heterocycles. The Bertz CT molecular complexity index is 3440. The predicted octanol–water partition coefficient (Wildman–Crippen LogP) is 14.1. The molecule has 0 aliphatic heterocycles. The van der Waals surface area contributed by atoms with Gasteiger partial charge in [-0.2, -0.15) is 0 Å². The zero-order chi connectivity index (χ0) is 37.2. The standard InChI is InChI=1S/C53H30N2OS/c1-2-14-31(15-3-1)52-54-49(38-21-13-27-46-48(38)37-19-7-11-26-45(37)57-46)51-50(55-52)39-30-32(28-29-44(39)56-51)33-20-12-25-43-47(33)36-18-6-10-24-42(36)53(43)40-22-8-4-16-34(40)35-17-5-9-23-41(35)53/h1-30H. The lowest BCUT2D eigenvalue weighted by molar-refractivity contribution is 0.667. The Hall–Kier alpha value is -7.14. The second kappa shape index (κ2) is 11.5. The maximum atomic E-state index is 6.84. The topological polar surface area (TPSA) is 38.9 Å². The van der Waals surface area contributed by atoms with E-state index in [-0.39, 0.29) is 0 Å². The van der Waals surface area contributed by atoms with Crippen molar-refractivity contribution in [3.8, 4) is 56.0 Å². The van der Waals surface area contributed by atoms with Crippen molar-refractivity contribution in [3.63, 3.8) is 0 Å². The quantitative estimate of drug-likeness (QED) is 0.181. The number of benzene rings is 8. The second-order valence-corrected chi connectivity index (χ2v) is 16.2. The molecule has 0 unspecified atom stereocenters. The van der Waals surface area contributed by atoms with Gasteiger partial charge in [0.1, 0.15) is 16.8 Å². The van der Waals surface area contributed by atoms with Gasteiger partial charge in [0.25, 0.3) is 0 Å². The molecule has 0 N–H and O–H groups in total. The van der Waals surface area contributed by atoms with Crippen LogP contribution in [0.2, 0.25) is 0 Å². The van der Waals surface area contributed by atoms with Gasteiger partial charge in [0.2, 0.25) is 0 Å². The smallest absolute Gasteiger partial charge is 0.180 e. The highest BCUT2D eigenvalue weighted by Crippen LogP contribution is 2.64. The molecule has 0 amide bonds. The molecule has 0 radical (unpaired) electrons. The summed E-state index contributed by atoms with van der Waals surface area (Å²) in [5, 5.41) is 3.39. The van der Waals surface area contributed by atoms with Crippen LogP contribution in [-0.4, -0.2) is 9.97 Å². The fraction of sp³-hybridized carbons (Fsp3) is 0.0189. The van der Waals surface area contributed by atoms with Crippen molar-refractivity contribution in [2.75, 3.05) is 0 Å². The highest BCUT2D eigenvalue weighted by molar-refractivity contribution is 7.25. The Kier molecular flexibility index (Phi) is 6.25. The fourth-order valence-corrected chi connectivity index (χ4v) is 11.2. The van der Waals surface area contributed by atoms with E-state index in [2.05, 4.69) is 164 Å². The summed E-state index contributed by atoms with van der Waals surface area (Å²) in [5.41, 5.74) is 17.6. The van der Waals surface area contributed by atoms with Gasteiger partial charge < -0.3 is 4.42 Å². The van der Waals surface area contributed by atoms with Crippen LogP contribution in [-0.2, 0) is 5.41 Å². The summed E-state index contributed by atoms with van der Waals surface area (Å²) in [6, 6.07) is 65.9. The van der Waals surface area contributed by atoms with Crippen molar-refractivity contribution in [3.05, 3.63) is 204 Å². The van der Waals surface area contributed by atoms with Crippen LogP contribution >= 0.6 is 11.3 Å². The monoisotopic (exact) mass is 742 g/mol. The molecule has 3 nitrogen and oxygen atoms in total. The summed E-state index contributed by atoms with van der Waals surface area (Å²) in [7, 11) is 0. The van der Waals surface area contributed by atoms with E-state index in [1.807, 2.05) is 29.5 Å². The normalized spacial score (nSPS) is 13.4. The average Bonchev–Trinajstić information content (AvgIpc) is 4.01. The van der Waals surface area contributed by atoms with Crippen molar-refractivity contribution in [1.82, 2.24) is 9.97 Å². The molecule has 0 fully saturated rings. The molecule has 3 aromatic heterocycles. The number of hydrogen-bond donors (Lipinski definition) is 0. The molecular weight excluding hydrogens is 713 g/mol. The van der Waals surface area contributed by atoms with E-state index in [0.29, 0.717) is 11.4 Å². The molecule has 0 bridgehead atoms. The number of fused-ring (bicyclic) bond motifs is 16. The highest BCUT2D eigenvalue weighted by Gasteiger charge is 2.51. The Morgan fingerprint density at radius 3 is 1.86 bits per heavy atom. The number of rotatable bonds is 3. The van der Waals surface area contributed by atoms with E-state index in [9.17, 15) is 0 Å². The van der Waals surface area contributed by atoms with Crippen LogP contribution in [0, 0.1) is 0 Å². The Balaban J connectivity index is 1.08. The van der Waals surface area contributed by atoms with Crippen LogP contribution in [0.5, 0.6) is 0 Å². The van der Waals surface area contributed by atoms with E-state index in [1.54, 1.807) is 0 Å². The summed E-state index contributed by atoms with van der Waals surface area (Å²) in [4.78, 5) is 10.6. The minimum absolute atomic E-state index is 0.402. The SMILES string of the molecule is c1ccc(-c2nc(-c3cccc4sc5ccccc5c34)c3oc4ccc(-c5cccc6c5-c5ccccc5C65c6ccccc6-c6ccccc65)cc4c3n2)cc1. The third-order valence-corrected chi connectivity index (χ3v) is 13.5. The molecule has 2 aliphatic carbocycles. The van der Waals surface area contributed by atoms with Gasteiger partial charge in [0, 0.05) is 36.7 Å². The molecule has 3 heterocycles. The van der Waals surface area contributed by atoms with Gasteiger partial charge >= 0.3 is 0 Å². The van der Waals surface area contributed by atoms with Crippen molar-refractivity contribution in [2.45, 2.75) is 5.41 Å². The molecule has 1 spiro atoms. The average molecular weight is 743 g/mol. The minimum Gasteiger partial charge on any atom is -0.452 e. The summed E-state index contributed by atoms with van der Waals surface area (Å²) in [6.07, 6.45) is 0. The van der Waals surface area contributed by atoms with Crippen LogP contribution in [0.3, 0.4) is 0 Å². The van der Waals surface area contributed by atoms with Gasteiger partial charge in [-0.3, -0.25) is 0 Å². The molecule has 2 aliphatic rings. The van der Waals surface area contributed by atoms with Crippen molar-refractivity contribution >= 4 is 53.6 Å². The van der Waals surface area contributed by atoms with E-state index < -0.39 is 5.41 Å². The predicted molar refractivity (Wildman–Crippen MR) is 235 cm³/mol. The lowest BCUT2D eigenvalue weighted by Crippen LogP contribution is -2.25. The first-order chi connectivity index (χ1) is 28.3. The van der Waals surface area contributed by atoms with Crippen molar-refractivity contribution in [1.29, 1.82) is 0 Å². The number of nitrogens with zero attached hydrogens (tertiary/aromatic N) is 2. The summed E-state index contributed by atoms with van der Waals surface area (Å²) in [6.45, 7) is 0. The lowest BCUT2D eigenvalue weighted by Gasteiger charge is -2.30. The largest absolute Gasteiger partial charge is 0.452 e. The van der Waals surface area contributed by atoms with Crippen molar-refractivity contribution in [2.24, 2.45) is 0 Å². The number of aromatic nitrogens is 2. The first-order valence-electron chi connectivity index (χ1n) is 19.4. The zero-order valence-electron chi connectivity index (χ0n) is 30.5. The maximum Gasteiger partial charge on any atom is 0.180 e. The van der Waals surface area contributed by atoms with Crippen LogP contribution < -0.4 is 0 Å². The first-order valence-corrected chi connectivity index (χ1v) is 20.2. The van der Waals surface area contributed by atoms with Gasteiger partial charge in [0.15, 0.2) is 11.4 Å². The molecule has 0 saturated carbocycles. The van der Waals surface area contributed by atoms with E-state index in [0.717, 1.165) is 38.9 Å². The first kappa shape index (κ1) is 31.1. The molecular formula is C53H30N2OS. The number of thiophene rings is 1. The maximum absolute atomic E-state index is 6.84. The van der Waals surface area contributed by atoms with Crippen LogP contribution in [0.1, 0.15) is 22.3 Å². The summed E-state index contributed by atoms with van der Waals surface area (Å²) < 4.78 is 9.32. The van der Waals surface area contributed by atoms with Crippen LogP contribution in [0.15, 0.2) is 186 Å². The van der Waals surface area contributed by atoms with E-state index >= 15 is 0 Å². The van der Waals surface area contributed by atoms with Gasteiger partial charge in [-0.25, -0.2) is 9.97 Å². The van der Waals surface area contributed by atoms with E-state index in [4.69, 9.17) is 14.4 Å². The molecule has 0 atom stereocenters. The molecule has 13 rings (SSSR count). The van der Waals surface area contributed by atoms with E-state index in [1.165, 1.54) is 70.2 Å². The highest BCUT2D eigenvalue weighted by atomic mass is 32.1. The summed E-state index contributed by atoms with van der Waals surface area (Å²) in [5.74, 6) is 0.678. The molecule has 264 valence electrons. The second-order valence-electron chi connectivity index (χ2n) is 15.1. The Labute approximate surface area is 332 Å². The number of hydrogen-bond acceptors (Lipinski definition) is 4. The fourth-order valence-electron chi connectivity index (χ4n) is 10.1. The van der Waals surface area contributed by atoms with Gasteiger partial charge in [-0.1, -0.05) is 158 Å². The Morgan fingerprint density at radius 1 is 0.439 bits per heavy atom.